The Morgan fingerprint density at radius 3 is 2.72 bits per heavy atom. The number of hydrogen-bond donors (Lipinski definition) is 1. The zero-order chi connectivity index (χ0) is 22.5. The van der Waals surface area contributed by atoms with Crippen molar-refractivity contribution in [3.63, 3.8) is 0 Å². The molecular weight excluding hydrogens is 411 g/mol. The Balaban J connectivity index is 1.68. The highest BCUT2D eigenvalue weighted by atomic mass is 19.1. The average Bonchev–Trinajstić information content (AvgIpc) is 3.14. The molecule has 2 atom stereocenters. The number of benzene rings is 1. The number of pyridine rings is 2. The monoisotopic (exact) mass is 434 g/mol. The number of carbonyl (C=O) groups excluding carboxylic acids is 1. The van der Waals surface area contributed by atoms with E-state index in [4.69, 9.17) is 9.72 Å². The van der Waals surface area contributed by atoms with Gasteiger partial charge in [0, 0.05) is 22.6 Å². The van der Waals surface area contributed by atoms with E-state index >= 15 is 0 Å². The van der Waals surface area contributed by atoms with Crippen molar-refractivity contribution in [1.29, 1.82) is 0 Å². The van der Waals surface area contributed by atoms with Gasteiger partial charge in [-0.25, -0.2) is 14.2 Å². The summed E-state index contributed by atoms with van der Waals surface area (Å²) in [6.45, 7) is 5.87. The predicted molar refractivity (Wildman–Crippen MR) is 116 cm³/mol. The molecule has 6 nitrogen and oxygen atoms in total. The van der Waals surface area contributed by atoms with Gasteiger partial charge >= 0.3 is 5.97 Å². The molecule has 164 valence electrons. The Morgan fingerprint density at radius 1 is 1.22 bits per heavy atom. The van der Waals surface area contributed by atoms with Gasteiger partial charge in [-0.3, -0.25) is 4.79 Å². The van der Waals surface area contributed by atoms with Gasteiger partial charge in [-0.2, -0.15) is 0 Å². The van der Waals surface area contributed by atoms with E-state index in [9.17, 15) is 19.1 Å². The highest BCUT2D eigenvalue weighted by Crippen LogP contribution is 2.43. The number of hydrogen-bond acceptors (Lipinski definition) is 5. The third-order valence-corrected chi connectivity index (χ3v) is 7.52. The molecule has 2 aromatic heterocycles. The van der Waals surface area contributed by atoms with Gasteiger partial charge in [0.1, 0.15) is 12.4 Å². The minimum atomic E-state index is -1.86. The Kier molecular flexibility index (Phi) is 3.83. The molecule has 0 radical (unpaired) electrons. The number of aromatic nitrogens is 2. The quantitative estimate of drug-likeness (QED) is 0.465. The smallest absolute Gasteiger partial charge is 0.343 e. The summed E-state index contributed by atoms with van der Waals surface area (Å²) in [6.07, 6.45) is 1.73. The highest BCUT2D eigenvalue weighted by molar-refractivity contribution is 5.92. The van der Waals surface area contributed by atoms with Crippen LogP contribution in [0.3, 0.4) is 0 Å². The minimum absolute atomic E-state index is 0.0936. The molecule has 0 saturated carbocycles. The van der Waals surface area contributed by atoms with E-state index in [2.05, 4.69) is 6.92 Å². The van der Waals surface area contributed by atoms with Gasteiger partial charge < -0.3 is 14.4 Å². The molecule has 0 unspecified atom stereocenters. The summed E-state index contributed by atoms with van der Waals surface area (Å²) >= 11 is 0. The SMILES string of the molecule is CC[C@@]1(O)C(=O)OCc2c1cc1n(c2=O)Cc2c-1nc1cc(F)c(C)c3c1c2C[C@@H](C)C3. The van der Waals surface area contributed by atoms with E-state index in [1.165, 1.54) is 6.07 Å². The topological polar surface area (TPSA) is 81.4 Å². The first-order valence-corrected chi connectivity index (χ1v) is 11.0. The molecule has 0 fully saturated rings. The zero-order valence-electron chi connectivity index (χ0n) is 18.2. The second-order valence-corrected chi connectivity index (χ2v) is 9.39. The number of esters is 1. The van der Waals surface area contributed by atoms with Crippen molar-refractivity contribution in [2.45, 2.75) is 58.8 Å². The molecule has 0 spiro atoms. The summed E-state index contributed by atoms with van der Waals surface area (Å²) in [5.41, 5.74) is 4.01. The lowest BCUT2D eigenvalue weighted by molar-refractivity contribution is -0.172. The fourth-order valence-corrected chi connectivity index (χ4v) is 5.74. The molecule has 1 aliphatic carbocycles. The number of rotatable bonds is 1. The van der Waals surface area contributed by atoms with Crippen LogP contribution in [0.15, 0.2) is 16.9 Å². The molecule has 3 aliphatic rings. The van der Waals surface area contributed by atoms with Crippen LogP contribution in [0.4, 0.5) is 4.39 Å². The standard InChI is InChI=1S/C25H23FN2O4/c1-4-25(31)17-7-20-22-15(9-28(20)23(29)16(17)10-32-24(25)30)14-6-11(2)5-13-12(3)18(26)8-19(27-22)21(13)14/h7-8,11,31H,4-6,9-10H2,1-3H3/t11-,25-/m0/s1. The lowest BCUT2D eigenvalue weighted by Crippen LogP contribution is -2.44. The van der Waals surface area contributed by atoms with E-state index in [-0.39, 0.29) is 24.4 Å². The Morgan fingerprint density at radius 2 is 1.97 bits per heavy atom. The van der Waals surface area contributed by atoms with Crippen LogP contribution in [0.2, 0.25) is 0 Å². The largest absolute Gasteiger partial charge is 0.458 e. The van der Waals surface area contributed by atoms with Gasteiger partial charge in [-0.1, -0.05) is 13.8 Å². The minimum Gasteiger partial charge on any atom is -0.458 e. The number of fused-ring (bicyclic) bond motifs is 5. The fraction of sp³-hybridized carbons (Fsp3) is 0.400. The molecule has 0 saturated heterocycles. The molecule has 6 rings (SSSR count). The van der Waals surface area contributed by atoms with E-state index in [0.29, 0.717) is 46.1 Å². The van der Waals surface area contributed by atoms with Crippen LogP contribution in [-0.2, 0) is 41.1 Å². The first-order valence-electron chi connectivity index (χ1n) is 11.0. The number of halogens is 1. The number of carbonyl (C=O) groups is 1. The third-order valence-electron chi connectivity index (χ3n) is 7.52. The Hall–Kier alpha value is -3.06. The summed E-state index contributed by atoms with van der Waals surface area (Å²) < 4.78 is 21.5. The second kappa shape index (κ2) is 6.25. The average molecular weight is 434 g/mol. The van der Waals surface area contributed by atoms with Gasteiger partial charge in [0.2, 0.25) is 0 Å². The Bertz CT molecular complexity index is 1440. The van der Waals surface area contributed by atoms with Gasteiger partial charge in [0.05, 0.1) is 29.0 Å². The number of cyclic esters (lactones) is 1. The molecular formula is C25H23FN2O4. The van der Waals surface area contributed by atoms with Crippen LogP contribution in [-0.4, -0.2) is 20.6 Å². The van der Waals surface area contributed by atoms with Gasteiger partial charge in [-0.05, 0) is 54.9 Å². The molecule has 0 amide bonds. The summed E-state index contributed by atoms with van der Waals surface area (Å²) in [6, 6.07) is 3.18. The number of aliphatic hydroxyl groups is 1. The molecule has 2 aliphatic heterocycles. The fourth-order valence-electron chi connectivity index (χ4n) is 5.74. The highest BCUT2D eigenvalue weighted by Gasteiger charge is 2.45. The van der Waals surface area contributed by atoms with Crippen molar-refractivity contribution in [3.8, 4) is 11.4 Å². The predicted octanol–water partition coefficient (Wildman–Crippen LogP) is 3.26. The maximum atomic E-state index is 14.7. The molecule has 4 heterocycles. The van der Waals surface area contributed by atoms with Crippen molar-refractivity contribution in [1.82, 2.24) is 9.55 Å². The summed E-state index contributed by atoms with van der Waals surface area (Å²) in [5.74, 6) is -0.667. The molecule has 1 N–H and O–H groups in total. The van der Waals surface area contributed by atoms with Gasteiger partial charge in [0.15, 0.2) is 5.60 Å². The van der Waals surface area contributed by atoms with Gasteiger partial charge in [-0.15, -0.1) is 0 Å². The molecule has 7 heteroatoms. The number of nitrogens with zero attached hydrogens (tertiary/aromatic N) is 2. The second-order valence-electron chi connectivity index (χ2n) is 9.39. The number of ether oxygens (including phenoxy) is 1. The van der Waals surface area contributed by atoms with E-state index < -0.39 is 11.6 Å². The summed E-state index contributed by atoms with van der Waals surface area (Å²) in [4.78, 5) is 30.6. The maximum absolute atomic E-state index is 14.7. The van der Waals surface area contributed by atoms with E-state index in [1.54, 1.807) is 17.6 Å². The van der Waals surface area contributed by atoms with Crippen molar-refractivity contribution in [3.05, 3.63) is 61.7 Å². The summed E-state index contributed by atoms with van der Waals surface area (Å²) in [5, 5.41) is 12.0. The van der Waals surface area contributed by atoms with Crippen LogP contribution < -0.4 is 5.56 Å². The van der Waals surface area contributed by atoms with E-state index in [1.807, 2.05) is 6.92 Å². The lowest BCUT2D eigenvalue weighted by Gasteiger charge is -2.31. The van der Waals surface area contributed by atoms with Gasteiger partial charge in [0.25, 0.3) is 5.56 Å². The van der Waals surface area contributed by atoms with Crippen LogP contribution in [0.1, 0.15) is 53.6 Å². The van der Waals surface area contributed by atoms with Crippen LogP contribution in [0, 0.1) is 18.7 Å². The van der Waals surface area contributed by atoms with Crippen molar-refractivity contribution in [2.24, 2.45) is 5.92 Å². The molecule has 0 bridgehead atoms. The molecule has 3 aromatic rings. The van der Waals surface area contributed by atoms with Crippen LogP contribution >= 0.6 is 0 Å². The zero-order valence-corrected chi connectivity index (χ0v) is 18.2. The molecule has 1 aromatic carbocycles. The summed E-state index contributed by atoms with van der Waals surface area (Å²) in [7, 11) is 0. The third kappa shape index (κ3) is 2.29. The Labute approximate surface area is 183 Å². The van der Waals surface area contributed by atoms with E-state index in [0.717, 1.165) is 34.9 Å². The van der Waals surface area contributed by atoms with Crippen LogP contribution in [0.25, 0.3) is 22.3 Å². The van der Waals surface area contributed by atoms with Crippen molar-refractivity contribution in [2.75, 3.05) is 0 Å². The normalized spacial score (nSPS) is 23.0. The van der Waals surface area contributed by atoms with Crippen molar-refractivity contribution >= 4 is 16.9 Å². The first-order chi connectivity index (χ1) is 15.2. The lowest BCUT2D eigenvalue weighted by atomic mass is 9.80. The van der Waals surface area contributed by atoms with Crippen LogP contribution in [0.5, 0.6) is 0 Å². The maximum Gasteiger partial charge on any atom is 0.343 e. The first kappa shape index (κ1) is 19.6. The van der Waals surface area contributed by atoms with Crippen molar-refractivity contribution < 1.29 is 19.0 Å². The molecule has 32 heavy (non-hydrogen) atoms.